The van der Waals surface area contributed by atoms with Crippen LogP contribution in [0.2, 0.25) is 0 Å². The van der Waals surface area contributed by atoms with Crippen LogP contribution < -0.4 is 5.14 Å². The van der Waals surface area contributed by atoms with Gasteiger partial charge in [-0.1, -0.05) is 0 Å². The lowest BCUT2D eigenvalue weighted by Crippen LogP contribution is -2.15. The third-order valence-electron chi connectivity index (χ3n) is 1.86. The summed E-state index contributed by atoms with van der Waals surface area (Å²) in [6, 6.07) is 3.31. The number of hydrogen-bond donors (Lipinski definition) is 1. The van der Waals surface area contributed by atoms with E-state index in [1.807, 2.05) is 0 Å². The Morgan fingerprint density at radius 2 is 2.12 bits per heavy atom. The molecule has 0 aromatic heterocycles. The van der Waals surface area contributed by atoms with Crippen molar-refractivity contribution in [3.05, 3.63) is 33.9 Å². The third-order valence-corrected chi connectivity index (χ3v) is 2.87. The van der Waals surface area contributed by atoms with Gasteiger partial charge in [0.1, 0.15) is 0 Å². The predicted octanol–water partition coefficient (Wildman–Crippen LogP) is 0.389. The van der Waals surface area contributed by atoms with E-state index in [1.54, 1.807) is 0 Å². The summed E-state index contributed by atoms with van der Waals surface area (Å²) in [5, 5.41) is 15.5. The number of ether oxygens (including phenoxy) is 1. The maximum atomic E-state index is 11.2. The van der Waals surface area contributed by atoms with Gasteiger partial charge in [-0.05, 0) is 6.07 Å². The van der Waals surface area contributed by atoms with Gasteiger partial charge in [-0.25, -0.2) is 13.6 Å². The normalized spacial score (nSPS) is 11.4. The second-order valence-electron chi connectivity index (χ2n) is 3.03. The molecular weight excluding hydrogens is 236 g/mol. The molecule has 1 aromatic carbocycles. The molecule has 0 saturated carbocycles. The van der Waals surface area contributed by atoms with Crippen molar-refractivity contribution in [2.24, 2.45) is 5.14 Å². The highest BCUT2D eigenvalue weighted by Crippen LogP contribution is 2.21. The summed E-state index contributed by atoms with van der Waals surface area (Å²) in [6.45, 7) is -0.0621. The molecule has 8 heteroatoms. The smallest absolute Gasteiger partial charge is 0.269 e. The van der Waals surface area contributed by atoms with Crippen molar-refractivity contribution < 1.29 is 18.1 Å². The standard InChI is InChI=1S/C8H10N2O5S/c1-15-5-6-4-7(10(11)12)2-3-8(6)16(9,13)14/h2-4H,5H2,1H3,(H2,9,13,14). The van der Waals surface area contributed by atoms with Crippen molar-refractivity contribution in [2.45, 2.75) is 11.5 Å². The van der Waals surface area contributed by atoms with Crippen LogP contribution in [-0.4, -0.2) is 20.5 Å². The van der Waals surface area contributed by atoms with Gasteiger partial charge in [0.15, 0.2) is 0 Å². The molecule has 0 bridgehead atoms. The zero-order valence-electron chi connectivity index (χ0n) is 8.41. The average molecular weight is 246 g/mol. The molecule has 0 radical (unpaired) electrons. The topological polar surface area (TPSA) is 113 Å². The Kier molecular flexibility index (Phi) is 3.58. The molecule has 0 aliphatic heterocycles. The number of non-ortho nitro benzene ring substituents is 1. The summed E-state index contributed by atoms with van der Waals surface area (Å²) >= 11 is 0. The zero-order chi connectivity index (χ0) is 12.3. The van der Waals surface area contributed by atoms with E-state index in [9.17, 15) is 18.5 Å². The van der Waals surface area contributed by atoms with Gasteiger partial charge in [-0.3, -0.25) is 10.1 Å². The number of nitro benzene ring substituents is 1. The van der Waals surface area contributed by atoms with Crippen molar-refractivity contribution in [3.8, 4) is 0 Å². The Balaban J connectivity index is 3.36. The van der Waals surface area contributed by atoms with Crippen LogP contribution >= 0.6 is 0 Å². The highest BCUT2D eigenvalue weighted by atomic mass is 32.2. The summed E-state index contributed by atoms with van der Waals surface area (Å²) < 4.78 is 27.1. The zero-order valence-corrected chi connectivity index (χ0v) is 9.23. The van der Waals surface area contributed by atoms with Gasteiger partial charge >= 0.3 is 0 Å². The van der Waals surface area contributed by atoms with E-state index >= 15 is 0 Å². The van der Waals surface area contributed by atoms with Crippen LogP contribution in [0.15, 0.2) is 23.1 Å². The Labute approximate surface area is 92.0 Å². The van der Waals surface area contributed by atoms with E-state index in [1.165, 1.54) is 7.11 Å². The molecule has 16 heavy (non-hydrogen) atoms. The van der Waals surface area contributed by atoms with E-state index in [0.29, 0.717) is 0 Å². The van der Waals surface area contributed by atoms with Crippen molar-refractivity contribution >= 4 is 15.7 Å². The van der Waals surface area contributed by atoms with Crippen LogP contribution in [0.1, 0.15) is 5.56 Å². The van der Waals surface area contributed by atoms with Gasteiger partial charge < -0.3 is 4.74 Å². The molecule has 0 amide bonds. The van der Waals surface area contributed by atoms with Crippen molar-refractivity contribution in [2.75, 3.05) is 7.11 Å². The van der Waals surface area contributed by atoms with Gasteiger partial charge in [0.05, 0.1) is 16.4 Å². The summed E-state index contributed by atoms with van der Waals surface area (Å²) in [4.78, 5) is 9.72. The SMILES string of the molecule is COCc1cc([N+](=O)[O-])ccc1S(N)(=O)=O. The monoisotopic (exact) mass is 246 g/mol. The summed E-state index contributed by atoms with van der Waals surface area (Å²) in [6.07, 6.45) is 0. The highest BCUT2D eigenvalue weighted by Gasteiger charge is 2.17. The highest BCUT2D eigenvalue weighted by molar-refractivity contribution is 7.89. The van der Waals surface area contributed by atoms with E-state index in [2.05, 4.69) is 0 Å². The molecule has 0 unspecified atom stereocenters. The third kappa shape index (κ3) is 2.75. The van der Waals surface area contributed by atoms with E-state index < -0.39 is 14.9 Å². The molecular formula is C8H10N2O5S. The number of primary sulfonamides is 1. The number of nitrogens with zero attached hydrogens (tertiary/aromatic N) is 1. The van der Waals surface area contributed by atoms with Gasteiger partial charge in [-0.15, -0.1) is 0 Å². The molecule has 88 valence electrons. The van der Waals surface area contributed by atoms with Crippen molar-refractivity contribution in [1.29, 1.82) is 0 Å². The van der Waals surface area contributed by atoms with Crippen LogP contribution in [0, 0.1) is 10.1 Å². The van der Waals surface area contributed by atoms with Gasteiger partial charge in [-0.2, -0.15) is 0 Å². The molecule has 0 fully saturated rings. The second kappa shape index (κ2) is 4.56. The molecule has 0 heterocycles. The molecule has 0 spiro atoms. The summed E-state index contributed by atoms with van der Waals surface area (Å²) in [5.74, 6) is 0. The van der Waals surface area contributed by atoms with Gasteiger partial charge in [0, 0.05) is 24.8 Å². The maximum absolute atomic E-state index is 11.2. The minimum atomic E-state index is -3.90. The number of rotatable bonds is 4. The van der Waals surface area contributed by atoms with Gasteiger partial charge in [0.2, 0.25) is 10.0 Å². The summed E-state index contributed by atoms with van der Waals surface area (Å²) in [7, 11) is -2.55. The Morgan fingerprint density at radius 1 is 1.50 bits per heavy atom. The Morgan fingerprint density at radius 3 is 2.56 bits per heavy atom. The first-order valence-electron chi connectivity index (χ1n) is 4.15. The first-order valence-corrected chi connectivity index (χ1v) is 5.70. The Hall–Kier alpha value is -1.51. The minimum Gasteiger partial charge on any atom is -0.380 e. The minimum absolute atomic E-state index is 0.0621. The predicted molar refractivity (Wildman–Crippen MR) is 55.2 cm³/mol. The number of hydrogen-bond acceptors (Lipinski definition) is 5. The lowest BCUT2D eigenvalue weighted by Gasteiger charge is -2.06. The van der Waals surface area contributed by atoms with Crippen molar-refractivity contribution in [1.82, 2.24) is 0 Å². The van der Waals surface area contributed by atoms with Crippen LogP contribution in [0.25, 0.3) is 0 Å². The molecule has 0 aliphatic carbocycles. The first kappa shape index (κ1) is 12.6. The number of nitrogens with two attached hydrogens (primary N) is 1. The van der Waals surface area contributed by atoms with E-state index in [-0.39, 0.29) is 22.8 Å². The average Bonchev–Trinajstić information content (AvgIpc) is 2.16. The molecule has 0 atom stereocenters. The lowest BCUT2D eigenvalue weighted by atomic mass is 10.2. The number of benzene rings is 1. The molecule has 0 aliphatic rings. The first-order chi connectivity index (χ1) is 7.36. The van der Waals surface area contributed by atoms with Crippen LogP contribution in [-0.2, 0) is 21.4 Å². The molecule has 1 rings (SSSR count). The van der Waals surface area contributed by atoms with Crippen molar-refractivity contribution in [3.63, 3.8) is 0 Å². The molecule has 1 aromatic rings. The van der Waals surface area contributed by atoms with E-state index in [0.717, 1.165) is 18.2 Å². The number of nitro groups is 1. The fraction of sp³-hybridized carbons (Fsp3) is 0.250. The number of methoxy groups -OCH3 is 1. The number of sulfonamides is 1. The largest absolute Gasteiger partial charge is 0.380 e. The van der Waals surface area contributed by atoms with E-state index in [4.69, 9.17) is 9.88 Å². The van der Waals surface area contributed by atoms with Gasteiger partial charge in [0.25, 0.3) is 5.69 Å². The van der Waals surface area contributed by atoms with Crippen LogP contribution in [0.5, 0.6) is 0 Å². The van der Waals surface area contributed by atoms with Crippen LogP contribution in [0.4, 0.5) is 5.69 Å². The molecule has 2 N–H and O–H groups in total. The molecule has 0 saturated heterocycles. The quantitative estimate of drug-likeness (QED) is 0.609. The summed E-state index contributed by atoms with van der Waals surface area (Å²) in [5.41, 5.74) is -0.0429. The van der Waals surface area contributed by atoms with Crippen LogP contribution in [0.3, 0.4) is 0 Å². The fourth-order valence-electron chi connectivity index (χ4n) is 1.23. The molecule has 7 nitrogen and oxygen atoms in total. The second-order valence-corrected chi connectivity index (χ2v) is 4.56. The maximum Gasteiger partial charge on any atom is 0.269 e. The fourth-order valence-corrected chi connectivity index (χ4v) is 1.97. The Bertz CT molecular complexity index is 511. The lowest BCUT2D eigenvalue weighted by molar-refractivity contribution is -0.385.